The molecule has 0 bridgehead atoms. The van der Waals surface area contributed by atoms with Crippen molar-refractivity contribution in [2.75, 3.05) is 7.11 Å². The Morgan fingerprint density at radius 2 is 2.05 bits per heavy atom. The number of ether oxygens (including phenoxy) is 2. The molecule has 0 saturated carbocycles. The number of carbonyl (C=O) groups is 1. The van der Waals surface area contributed by atoms with Crippen LogP contribution in [0.3, 0.4) is 0 Å². The van der Waals surface area contributed by atoms with E-state index in [1.165, 1.54) is 7.11 Å². The second kappa shape index (κ2) is 5.09. The Hall–Kier alpha value is -1.55. The van der Waals surface area contributed by atoms with Crippen LogP contribution in [0.2, 0.25) is 0 Å². The molecule has 0 fully saturated rings. The van der Waals surface area contributed by atoms with Crippen LogP contribution in [-0.4, -0.2) is 24.2 Å². The van der Waals surface area contributed by atoms with E-state index in [9.17, 15) is 4.79 Å². The lowest BCUT2D eigenvalue weighted by molar-refractivity contribution is -0.147. The Labute approximate surface area is 120 Å². The number of nitrogens with one attached hydrogen (secondary N) is 1. The van der Waals surface area contributed by atoms with E-state index >= 15 is 0 Å². The van der Waals surface area contributed by atoms with E-state index in [2.05, 4.69) is 19.2 Å². The molecule has 0 aliphatic carbocycles. The number of fused-ring (bicyclic) bond motifs is 1. The van der Waals surface area contributed by atoms with Crippen LogP contribution in [0.25, 0.3) is 0 Å². The van der Waals surface area contributed by atoms with Gasteiger partial charge in [-0.25, -0.2) is 0 Å². The first-order chi connectivity index (χ1) is 9.25. The van der Waals surface area contributed by atoms with Crippen LogP contribution in [0, 0.1) is 0 Å². The summed E-state index contributed by atoms with van der Waals surface area (Å²) in [6.07, 6.45) is 0.796. The number of hydrogen-bond donors (Lipinski definition) is 1. The number of methoxy groups -OCH3 is 1. The molecule has 1 aromatic rings. The first kappa shape index (κ1) is 14.9. The summed E-state index contributed by atoms with van der Waals surface area (Å²) in [5.74, 6) is 0.612. The molecule has 2 rings (SSSR count). The van der Waals surface area contributed by atoms with Crippen molar-refractivity contribution in [2.24, 2.45) is 0 Å². The number of benzene rings is 1. The van der Waals surface area contributed by atoms with Gasteiger partial charge in [-0.15, -0.1) is 0 Å². The maximum absolute atomic E-state index is 11.9. The molecular weight excluding hydrogens is 254 g/mol. The lowest BCUT2D eigenvalue weighted by atomic mass is 9.88. The van der Waals surface area contributed by atoms with Gasteiger partial charge < -0.3 is 9.47 Å². The summed E-state index contributed by atoms with van der Waals surface area (Å²) in [6.45, 7) is 7.79. The molecule has 1 aliphatic rings. The zero-order chi connectivity index (χ0) is 15.0. The predicted octanol–water partition coefficient (Wildman–Crippen LogP) is 2.83. The Bertz CT molecular complexity index is 508. The zero-order valence-electron chi connectivity index (χ0n) is 12.8. The van der Waals surface area contributed by atoms with E-state index in [0.717, 1.165) is 17.7 Å². The molecule has 1 atom stereocenters. The molecule has 1 aromatic carbocycles. The van der Waals surface area contributed by atoms with Crippen LogP contribution in [-0.2, 0) is 9.53 Å². The molecule has 4 heteroatoms. The van der Waals surface area contributed by atoms with Crippen molar-refractivity contribution in [1.29, 1.82) is 0 Å². The molecule has 0 aromatic heterocycles. The molecule has 0 spiro atoms. The Morgan fingerprint density at radius 3 is 2.70 bits per heavy atom. The maximum atomic E-state index is 11.9. The average molecular weight is 277 g/mol. The van der Waals surface area contributed by atoms with Gasteiger partial charge in [-0.3, -0.25) is 10.1 Å². The third-order valence-electron chi connectivity index (χ3n) is 3.61. The average Bonchev–Trinajstić information content (AvgIpc) is 2.35. The molecule has 0 saturated heterocycles. The minimum atomic E-state index is -0.736. The van der Waals surface area contributed by atoms with E-state index in [4.69, 9.17) is 9.47 Å². The quantitative estimate of drug-likeness (QED) is 0.863. The third kappa shape index (κ3) is 2.96. The fourth-order valence-electron chi connectivity index (χ4n) is 2.68. The molecule has 1 N–H and O–H groups in total. The van der Waals surface area contributed by atoms with E-state index in [1.807, 2.05) is 38.1 Å². The number of para-hydroxylation sites is 1. The minimum absolute atomic E-state index is 0.0593. The van der Waals surface area contributed by atoms with E-state index in [0.29, 0.717) is 0 Å². The number of esters is 1. The lowest BCUT2D eigenvalue weighted by Gasteiger charge is -2.40. The van der Waals surface area contributed by atoms with Crippen molar-refractivity contribution in [3.63, 3.8) is 0 Å². The predicted molar refractivity (Wildman–Crippen MR) is 77.7 cm³/mol. The van der Waals surface area contributed by atoms with Crippen molar-refractivity contribution in [3.8, 4) is 5.75 Å². The van der Waals surface area contributed by atoms with Gasteiger partial charge >= 0.3 is 5.97 Å². The fraction of sp³-hybridized carbons (Fsp3) is 0.562. The zero-order valence-corrected chi connectivity index (χ0v) is 12.8. The Kier molecular flexibility index (Phi) is 3.78. The largest absolute Gasteiger partial charge is 0.487 e. The number of rotatable bonds is 3. The van der Waals surface area contributed by atoms with Crippen LogP contribution < -0.4 is 10.1 Å². The number of hydrogen-bond acceptors (Lipinski definition) is 4. The molecule has 20 heavy (non-hydrogen) atoms. The molecule has 1 aliphatic heterocycles. The summed E-state index contributed by atoms with van der Waals surface area (Å²) in [6, 6.07) is 8.01. The first-order valence-corrected chi connectivity index (χ1v) is 6.89. The van der Waals surface area contributed by atoms with Crippen LogP contribution in [0.15, 0.2) is 24.3 Å². The molecule has 1 unspecified atom stereocenters. The van der Waals surface area contributed by atoms with Gasteiger partial charge in [0.1, 0.15) is 16.9 Å². The van der Waals surface area contributed by atoms with Gasteiger partial charge in [0.25, 0.3) is 0 Å². The highest BCUT2D eigenvalue weighted by Gasteiger charge is 2.38. The van der Waals surface area contributed by atoms with E-state index in [1.54, 1.807) is 0 Å². The van der Waals surface area contributed by atoms with Crippen molar-refractivity contribution in [1.82, 2.24) is 5.32 Å². The summed E-state index contributed by atoms with van der Waals surface area (Å²) >= 11 is 0. The monoisotopic (exact) mass is 277 g/mol. The summed E-state index contributed by atoms with van der Waals surface area (Å²) < 4.78 is 10.9. The van der Waals surface area contributed by atoms with Crippen molar-refractivity contribution >= 4 is 5.97 Å². The molecular formula is C16H23NO3. The molecule has 0 amide bonds. The van der Waals surface area contributed by atoms with Crippen molar-refractivity contribution in [3.05, 3.63) is 29.8 Å². The highest BCUT2D eigenvalue weighted by molar-refractivity contribution is 5.79. The highest BCUT2D eigenvalue weighted by Crippen LogP contribution is 2.40. The fourth-order valence-corrected chi connectivity index (χ4v) is 2.68. The minimum Gasteiger partial charge on any atom is -0.487 e. The van der Waals surface area contributed by atoms with Crippen LogP contribution in [0.4, 0.5) is 0 Å². The lowest BCUT2D eigenvalue weighted by Crippen LogP contribution is -2.51. The Balaban J connectivity index is 2.30. The van der Waals surface area contributed by atoms with Crippen LogP contribution in [0.5, 0.6) is 5.75 Å². The summed E-state index contributed by atoms with van der Waals surface area (Å²) in [7, 11) is 1.41. The SMILES string of the molecule is COC(=O)C(C)(C)NC1CC(C)(C)Oc2ccccc21. The normalized spacial score (nSPS) is 20.8. The molecule has 0 radical (unpaired) electrons. The van der Waals surface area contributed by atoms with Gasteiger partial charge in [0.15, 0.2) is 0 Å². The van der Waals surface area contributed by atoms with Crippen LogP contribution in [0.1, 0.15) is 45.7 Å². The standard InChI is InChI=1S/C16H23NO3/c1-15(2)10-12(17-16(3,4)14(18)19-5)11-8-6-7-9-13(11)20-15/h6-9,12,17H,10H2,1-5H3. The van der Waals surface area contributed by atoms with E-state index < -0.39 is 5.54 Å². The maximum Gasteiger partial charge on any atom is 0.325 e. The Morgan fingerprint density at radius 1 is 1.40 bits per heavy atom. The summed E-state index contributed by atoms with van der Waals surface area (Å²) in [5.41, 5.74) is 0.0850. The first-order valence-electron chi connectivity index (χ1n) is 6.89. The smallest absolute Gasteiger partial charge is 0.325 e. The van der Waals surface area contributed by atoms with Gasteiger partial charge in [-0.05, 0) is 33.8 Å². The third-order valence-corrected chi connectivity index (χ3v) is 3.61. The second-order valence-electron chi connectivity index (χ2n) is 6.42. The topological polar surface area (TPSA) is 47.6 Å². The van der Waals surface area contributed by atoms with Crippen LogP contribution >= 0.6 is 0 Å². The van der Waals surface area contributed by atoms with Gasteiger partial charge in [-0.2, -0.15) is 0 Å². The van der Waals surface area contributed by atoms with E-state index in [-0.39, 0.29) is 17.6 Å². The summed E-state index contributed by atoms with van der Waals surface area (Å²) in [5, 5.41) is 3.40. The molecule has 1 heterocycles. The van der Waals surface area contributed by atoms with Gasteiger partial charge in [-0.1, -0.05) is 18.2 Å². The van der Waals surface area contributed by atoms with Crippen molar-refractivity contribution < 1.29 is 14.3 Å². The molecule has 110 valence electrons. The molecule has 4 nitrogen and oxygen atoms in total. The van der Waals surface area contributed by atoms with Crippen molar-refractivity contribution in [2.45, 2.75) is 51.3 Å². The number of carbonyl (C=O) groups excluding carboxylic acids is 1. The van der Waals surface area contributed by atoms with Gasteiger partial charge in [0.05, 0.1) is 7.11 Å². The van der Waals surface area contributed by atoms with Gasteiger partial charge in [0.2, 0.25) is 0 Å². The summed E-state index contributed by atoms with van der Waals surface area (Å²) in [4.78, 5) is 11.9. The van der Waals surface area contributed by atoms with Gasteiger partial charge in [0, 0.05) is 18.0 Å². The highest BCUT2D eigenvalue weighted by atomic mass is 16.5. The second-order valence-corrected chi connectivity index (χ2v) is 6.42.